The maximum Gasteiger partial charge on any atom is 0.289 e. The van der Waals surface area contributed by atoms with E-state index in [0.29, 0.717) is 0 Å². The minimum absolute atomic E-state index is 0.136. The molecule has 2 aromatic carbocycles. The first-order valence-electron chi connectivity index (χ1n) is 6.38. The smallest absolute Gasteiger partial charge is 0.258 e. The van der Waals surface area contributed by atoms with Gasteiger partial charge in [-0.3, -0.25) is 10.1 Å². The molecule has 0 amide bonds. The quantitative estimate of drug-likeness (QED) is 0.526. The van der Waals surface area contributed by atoms with Crippen molar-refractivity contribution in [3.8, 4) is 11.8 Å². The molecule has 23 heavy (non-hydrogen) atoms. The molecule has 0 aliphatic carbocycles. The van der Waals surface area contributed by atoms with Gasteiger partial charge in [-0.15, -0.1) is 0 Å². The van der Waals surface area contributed by atoms with Crippen molar-refractivity contribution in [1.29, 1.82) is 0 Å². The summed E-state index contributed by atoms with van der Waals surface area (Å²) in [6.07, 6.45) is 0. The lowest BCUT2D eigenvalue weighted by Gasteiger charge is -2.04. The molecule has 0 aliphatic heterocycles. The first kappa shape index (κ1) is 16.6. The molecule has 0 unspecified atom stereocenters. The summed E-state index contributed by atoms with van der Waals surface area (Å²) in [5.41, 5.74) is -0.389. The summed E-state index contributed by atoms with van der Waals surface area (Å²) in [4.78, 5) is 9.64. The Kier molecular flexibility index (Phi) is 5.05. The van der Waals surface area contributed by atoms with Gasteiger partial charge >= 0.3 is 0 Å². The van der Waals surface area contributed by atoms with E-state index in [9.17, 15) is 22.9 Å². The fourth-order valence-electron chi connectivity index (χ4n) is 1.75. The van der Waals surface area contributed by atoms with E-state index in [-0.39, 0.29) is 12.1 Å². The Morgan fingerprint density at radius 2 is 1.78 bits per heavy atom. The van der Waals surface area contributed by atoms with Gasteiger partial charge in [0.05, 0.1) is 17.0 Å². The number of benzene rings is 2. The summed E-state index contributed by atoms with van der Waals surface area (Å²) in [6, 6.07) is 10.8. The van der Waals surface area contributed by atoms with Crippen LogP contribution in [0, 0.1) is 27.8 Å². The van der Waals surface area contributed by atoms with Crippen molar-refractivity contribution in [3.63, 3.8) is 0 Å². The molecule has 118 valence electrons. The van der Waals surface area contributed by atoms with Crippen LogP contribution in [0.2, 0.25) is 0 Å². The number of para-hydroxylation sites is 1. The van der Waals surface area contributed by atoms with Crippen molar-refractivity contribution in [2.45, 2.75) is 4.90 Å². The average Bonchev–Trinajstić information content (AvgIpc) is 2.53. The summed E-state index contributed by atoms with van der Waals surface area (Å²) in [5.74, 6) is 4.44. The lowest BCUT2D eigenvalue weighted by molar-refractivity contribution is -0.387. The van der Waals surface area contributed by atoms with E-state index < -0.39 is 31.3 Å². The monoisotopic (exact) mass is 334 g/mol. The molecule has 0 heterocycles. The number of nitro benzene ring substituents is 1. The van der Waals surface area contributed by atoms with Crippen molar-refractivity contribution < 1.29 is 17.7 Å². The number of hydrogen-bond donors (Lipinski definition) is 1. The van der Waals surface area contributed by atoms with Crippen LogP contribution in [0.15, 0.2) is 53.4 Å². The van der Waals surface area contributed by atoms with Gasteiger partial charge < -0.3 is 0 Å². The Balaban J connectivity index is 2.15. The van der Waals surface area contributed by atoms with Gasteiger partial charge in [0.15, 0.2) is 4.90 Å². The normalized spacial score (nSPS) is 10.7. The highest BCUT2D eigenvalue weighted by Gasteiger charge is 2.24. The first-order valence-corrected chi connectivity index (χ1v) is 7.86. The second kappa shape index (κ2) is 7.00. The standard InChI is InChI=1S/C15H11FN2O4S/c16-13-8-2-1-6-12(13)7-5-11-17-23(21,22)15-10-4-3-9-14(15)18(19)20/h1-4,6,8-10,17H,11H2. The van der Waals surface area contributed by atoms with Crippen molar-refractivity contribution >= 4 is 15.7 Å². The van der Waals surface area contributed by atoms with Crippen molar-refractivity contribution in [2.75, 3.05) is 6.54 Å². The second-order valence-corrected chi connectivity index (χ2v) is 6.07. The molecule has 6 nitrogen and oxygen atoms in total. The van der Waals surface area contributed by atoms with Crippen LogP contribution in [0.25, 0.3) is 0 Å². The molecular weight excluding hydrogens is 323 g/mol. The summed E-state index contributed by atoms with van der Waals surface area (Å²) in [5, 5.41) is 10.9. The molecule has 0 aromatic heterocycles. The summed E-state index contributed by atoms with van der Waals surface area (Å²) in [7, 11) is -4.09. The highest BCUT2D eigenvalue weighted by Crippen LogP contribution is 2.22. The Hall–Kier alpha value is -2.76. The predicted molar refractivity (Wildman–Crippen MR) is 81.6 cm³/mol. The molecule has 0 atom stereocenters. The average molecular weight is 334 g/mol. The number of sulfonamides is 1. The van der Waals surface area contributed by atoms with E-state index in [1.165, 1.54) is 30.3 Å². The second-order valence-electron chi connectivity index (χ2n) is 4.33. The molecule has 0 fully saturated rings. The molecule has 0 saturated heterocycles. The van der Waals surface area contributed by atoms with Crippen LogP contribution in [0.3, 0.4) is 0 Å². The Morgan fingerprint density at radius 3 is 2.48 bits per heavy atom. The molecule has 2 aromatic rings. The number of nitrogens with one attached hydrogen (secondary N) is 1. The molecular formula is C15H11FN2O4S. The summed E-state index contributed by atoms with van der Waals surface area (Å²) < 4.78 is 39.6. The van der Waals surface area contributed by atoms with E-state index in [2.05, 4.69) is 16.6 Å². The molecule has 0 spiro atoms. The van der Waals surface area contributed by atoms with Gasteiger partial charge in [-0.05, 0) is 18.2 Å². The highest BCUT2D eigenvalue weighted by atomic mass is 32.2. The zero-order valence-corrected chi connectivity index (χ0v) is 12.5. The number of halogens is 1. The lowest BCUT2D eigenvalue weighted by Crippen LogP contribution is -2.24. The molecule has 0 saturated carbocycles. The molecule has 1 N–H and O–H groups in total. The minimum atomic E-state index is -4.09. The SMILES string of the molecule is O=[N+]([O-])c1ccccc1S(=O)(=O)NCC#Cc1ccccc1F. The van der Waals surface area contributed by atoms with Gasteiger partial charge in [-0.2, -0.15) is 4.72 Å². The zero-order valence-electron chi connectivity index (χ0n) is 11.7. The number of nitro groups is 1. The maximum absolute atomic E-state index is 13.3. The third-order valence-corrected chi connectivity index (χ3v) is 4.25. The van der Waals surface area contributed by atoms with Gasteiger partial charge in [0.25, 0.3) is 5.69 Å². The molecule has 8 heteroatoms. The van der Waals surface area contributed by atoms with Crippen LogP contribution >= 0.6 is 0 Å². The van der Waals surface area contributed by atoms with Crippen molar-refractivity contribution in [1.82, 2.24) is 4.72 Å². The highest BCUT2D eigenvalue weighted by molar-refractivity contribution is 7.89. The van der Waals surface area contributed by atoms with Crippen molar-refractivity contribution in [3.05, 3.63) is 70.0 Å². The molecule has 0 radical (unpaired) electrons. The molecule has 0 aliphatic rings. The van der Waals surface area contributed by atoms with Crippen LogP contribution in [0.5, 0.6) is 0 Å². The molecule has 2 rings (SSSR count). The summed E-state index contributed by atoms with van der Waals surface area (Å²) >= 11 is 0. The fourth-order valence-corrected chi connectivity index (χ4v) is 2.84. The van der Waals surface area contributed by atoms with Crippen LogP contribution in [0.1, 0.15) is 5.56 Å². The predicted octanol–water partition coefficient (Wildman–Crippen LogP) is 2.06. The topological polar surface area (TPSA) is 89.3 Å². The number of nitrogens with zero attached hydrogens (tertiary/aromatic N) is 1. The van der Waals surface area contributed by atoms with Gasteiger partial charge in [0.2, 0.25) is 10.0 Å². The van der Waals surface area contributed by atoms with E-state index in [1.807, 2.05) is 0 Å². The van der Waals surface area contributed by atoms with Gasteiger partial charge in [-0.1, -0.05) is 36.1 Å². The van der Waals surface area contributed by atoms with E-state index in [1.54, 1.807) is 6.07 Å². The van der Waals surface area contributed by atoms with Crippen LogP contribution in [-0.2, 0) is 10.0 Å². The van der Waals surface area contributed by atoms with Crippen LogP contribution in [-0.4, -0.2) is 19.9 Å². The van der Waals surface area contributed by atoms with E-state index in [4.69, 9.17) is 0 Å². The number of rotatable bonds is 4. The minimum Gasteiger partial charge on any atom is -0.258 e. The Morgan fingerprint density at radius 1 is 1.13 bits per heavy atom. The van der Waals surface area contributed by atoms with E-state index >= 15 is 0 Å². The maximum atomic E-state index is 13.3. The third-order valence-electron chi connectivity index (χ3n) is 2.80. The van der Waals surface area contributed by atoms with Crippen LogP contribution in [0.4, 0.5) is 10.1 Å². The fraction of sp³-hybridized carbons (Fsp3) is 0.0667. The third kappa shape index (κ3) is 4.12. The lowest BCUT2D eigenvalue weighted by atomic mass is 10.2. The summed E-state index contributed by atoms with van der Waals surface area (Å²) in [6.45, 7) is -0.303. The molecule has 0 bridgehead atoms. The number of hydrogen-bond acceptors (Lipinski definition) is 4. The van der Waals surface area contributed by atoms with Gasteiger partial charge in [-0.25, -0.2) is 12.8 Å². The largest absolute Gasteiger partial charge is 0.289 e. The Bertz CT molecular complexity index is 901. The van der Waals surface area contributed by atoms with Crippen LogP contribution < -0.4 is 4.72 Å². The van der Waals surface area contributed by atoms with Crippen molar-refractivity contribution in [2.24, 2.45) is 0 Å². The zero-order chi connectivity index (χ0) is 16.9. The van der Waals surface area contributed by atoms with E-state index in [0.717, 1.165) is 12.1 Å². The Labute approximate surface area is 132 Å². The van der Waals surface area contributed by atoms with Gasteiger partial charge in [0.1, 0.15) is 5.82 Å². The van der Waals surface area contributed by atoms with Gasteiger partial charge in [0, 0.05) is 6.07 Å². The first-order chi connectivity index (χ1) is 10.9.